The number of amides is 1. The predicted molar refractivity (Wildman–Crippen MR) is 67.1 cm³/mol. The first-order valence-electron chi connectivity index (χ1n) is 5.77. The Morgan fingerprint density at radius 1 is 1.47 bits per heavy atom. The number of nitrogens with one attached hydrogen (secondary N) is 1. The Labute approximate surface area is 106 Å². The molecule has 17 heavy (non-hydrogen) atoms. The van der Waals surface area contributed by atoms with E-state index < -0.39 is 6.10 Å². The molecule has 1 fully saturated rings. The van der Waals surface area contributed by atoms with E-state index in [1.54, 1.807) is 19.1 Å². The van der Waals surface area contributed by atoms with E-state index in [0.717, 1.165) is 18.4 Å². The van der Waals surface area contributed by atoms with Crippen molar-refractivity contribution in [2.24, 2.45) is 0 Å². The van der Waals surface area contributed by atoms with Gasteiger partial charge in [-0.3, -0.25) is 4.79 Å². The molecular formula is C13H16ClNO2. The van der Waals surface area contributed by atoms with Crippen LogP contribution in [0.5, 0.6) is 0 Å². The van der Waals surface area contributed by atoms with Gasteiger partial charge in [0.2, 0.25) is 5.91 Å². The standard InChI is InChI=1S/C13H16ClNO2/c1-9(16)8-15-12(17)13(6-7-13)10-2-4-11(14)5-3-10/h2-5,9,16H,6-8H2,1H3,(H,15,17)/t9-/m0/s1. The van der Waals surface area contributed by atoms with Gasteiger partial charge in [0, 0.05) is 11.6 Å². The van der Waals surface area contributed by atoms with E-state index in [0.29, 0.717) is 11.6 Å². The summed E-state index contributed by atoms with van der Waals surface area (Å²) in [6.45, 7) is 1.95. The van der Waals surface area contributed by atoms with E-state index in [-0.39, 0.29) is 11.3 Å². The second-order valence-corrected chi connectivity index (χ2v) is 5.08. The Morgan fingerprint density at radius 2 is 2.06 bits per heavy atom. The molecule has 0 unspecified atom stereocenters. The Balaban J connectivity index is 2.08. The van der Waals surface area contributed by atoms with Gasteiger partial charge >= 0.3 is 0 Å². The van der Waals surface area contributed by atoms with E-state index in [2.05, 4.69) is 5.32 Å². The van der Waals surface area contributed by atoms with Crippen molar-refractivity contribution in [3.8, 4) is 0 Å². The summed E-state index contributed by atoms with van der Waals surface area (Å²) >= 11 is 5.83. The molecule has 1 atom stereocenters. The number of carbonyl (C=O) groups is 1. The average Bonchev–Trinajstić information content (AvgIpc) is 3.08. The number of hydrogen-bond donors (Lipinski definition) is 2. The van der Waals surface area contributed by atoms with Crippen molar-refractivity contribution >= 4 is 17.5 Å². The summed E-state index contributed by atoms with van der Waals surface area (Å²) in [4.78, 5) is 12.1. The molecule has 4 heteroatoms. The zero-order valence-electron chi connectivity index (χ0n) is 9.74. The van der Waals surface area contributed by atoms with Crippen LogP contribution in [0.3, 0.4) is 0 Å². The molecule has 0 saturated heterocycles. The first-order chi connectivity index (χ1) is 8.04. The second-order valence-electron chi connectivity index (χ2n) is 4.65. The molecule has 1 aromatic carbocycles. The molecule has 1 amide bonds. The number of halogens is 1. The number of rotatable bonds is 4. The topological polar surface area (TPSA) is 49.3 Å². The Bertz CT molecular complexity index is 410. The lowest BCUT2D eigenvalue weighted by atomic mass is 9.95. The van der Waals surface area contributed by atoms with Crippen molar-refractivity contribution in [3.05, 3.63) is 34.9 Å². The fourth-order valence-electron chi connectivity index (χ4n) is 1.95. The van der Waals surface area contributed by atoms with Crippen LogP contribution in [0, 0.1) is 0 Å². The molecule has 0 radical (unpaired) electrons. The van der Waals surface area contributed by atoms with Crippen LogP contribution in [0.1, 0.15) is 25.3 Å². The fourth-order valence-corrected chi connectivity index (χ4v) is 2.08. The maximum Gasteiger partial charge on any atom is 0.230 e. The summed E-state index contributed by atoms with van der Waals surface area (Å²) < 4.78 is 0. The Morgan fingerprint density at radius 3 is 2.53 bits per heavy atom. The Kier molecular flexibility index (Phi) is 3.40. The largest absolute Gasteiger partial charge is 0.392 e. The highest BCUT2D eigenvalue weighted by atomic mass is 35.5. The number of aliphatic hydroxyl groups is 1. The van der Waals surface area contributed by atoms with Crippen LogP contribution in [0.2, 0.25) is 5.02 Å². The van der Waals surface area contributed by atoms with Gasteiger partial charge in [0.25, 0.3) is 0 Å². The lowest BCUT2D eigenvalue weighted by molar-refractivity contribution is -0.124. The molecule has 3 nitrogen and oxygen atoms in total. The van der Waals surface area contributed by atoms with Gasteiger partial charge in [-0.25, -0.2) is 0 Å². The SMILES string of the molecule is C[C@H](O)CNC(=O)C1(c2ccc(Cl)cc2)CC1. The quantitative estimate of drug-likeness (QED) is 0.861. The van der Waals surface area contributed by atoms with E-state index in [1.807, 2.05) is 12.1 Å². The molecule has 1 aliphatic rings. The van der Waals surface area contributed by atoms with Gasteiger partial charge in [-0.1, -0.05) is 23.7 Å². The van der Waals surface area contributed by atoms with Crippen molar-refractivity contribution in [1.82, 2.24) is 5.32 Å². The summed E-state index contributed by atoms with van der Waals surface area (Å²) in [5.41, 5.74) is 0.615. The molecular weight excluding hydrogens is 238 g/mol. The second kappa shape index (κ2) is 4.67. The zero-order chi connectivity index (χ0) is 12.5. The normalized spacial score (nSPS) is 18.5. The third-order valence-corrected chi connectivity index (χ3v) is 3.39. The van der Waals surface area contributed by atoms with Crippen molar-refractivity contribution in [2.75, 3.05) is 6.54 Å². The molecule has 2 N–H and O–H groups in total. The fraction of sp³-hybridized carbons (Fsp3) is 0.462. The third-order valence-electron chi connectivity index (χ3n) is 3.14. The number of hydrogen-bond acceptors (Lipinski definition) is 2. The van der Waals surface area contributed by atoms with Gasteiger partial charge < -0.3 is 10.4 Å². The summed E-state index contributed by atoms with van der Waals surface area (Å²) in [6, 6.07) is 7.41. The number of aliphatic hydroxyl groups excluding tert-OH is 1. The first kappa shape index (κ1) is 12.4. The molecule has 1 saturated carbocycles. The predicted octanol–water partition coefficient (Wildman–Crippen LogP) is 1.87. The van der Waals surface area contributed by atoms with Gasteiger partial charge in [-0.05, 0) is 37.5 Å². The van der Waals surface area contributed by atoms with Crippen LogP contribution in [0.25, 0.3) is 0 Å². The summed E-state index contributed by atoms with van der Waals surface area (Å²) in [6.07, 6.45) is 1.21. The molecule has 0 spiro atoms. The minimum absolute atomic E-state index is 0.000669. The summed E-state index contributed by atoms with van der Waals surface area (Å²) in [5.74, 6) is 0.000669. The van der Waals surface area contributed by atoms with Gasteiger partial charge in [0.1, 0.15) is 0 Å². The molecule has 0 aromatic heterocycles. The van der Waals surface area contributed by atoms with E-state index in [4.69, 9.17) is 16.7 Å². The monoisotopic (exact) mass is 253 g/mol. The highest BCUT2D eigenvalue weighted by Crippen LogP contribution is 2.48. The maximum atomic E-state index is 12.1. The number of benzene rings is 1. The molecule has 0 aliphatic heterocycles. The van der Waals surface area contributed by atoms with Crippen LogP contribution >= 0.6 is 11.6 Å². The van der Waals surface area contributed by atoms with Crippen molar-refractivity contribution in [3.63, 3.8) is 0 Å². The molecule has 2 rings (SSSR count). The molecule has 0 heterocycles. The minimum atomic E-state index is -0.514. The third kappa shape index (κ3) is 2.61. The highest BCUT2D eigenvalue weighted by Gasteiger charge is 2.51. The van der Waals surface area contributed by atoms with Crippen LogP contribution in [-0.2, 0) is 10.2 Å². The molecule has 0 bridgehead atoms. The van der Waals surface area contributed by atoms with E-state index in [1.165, 1.54) is 0 Å². The smallest absolute Gasteiger partial charge is 0.230 e. The van der Waals surface area contributed by atoms with Crippen molar-refractivity contribution in [1.29, 1.82) is 0 Å². The number of carbonyl (C=O) groups excluding carboxylic acids is 1. The zero-order valence-corrected chi connectivity index (χ0v) is 10.5. The molecule has 1 aromatic rings. The van der Waals surface area contributed by atoms with E-state index in [9.17, 15) is 4.79 Å². The maximum absolute atomic E-state index is 12.1. The summed E-state index contributed by atoms with van der Waals surface area (Å²) in [7, 11) is 0. The van der Waals surface area contributed by atoms with Gasteiger partial charge in [0.15, 0.2) is 0 Å². The van der Waals surface area contributed by atoms with Gasteiger partial charge in [-0.15, -0.1) is 0 Å². The van der Waals surface area contributed by atoms with E-state index >= 15 is 0 Å². The first-order valence-corrected chi connectivity index (χ1v) is 6.15. The molecule has 92 valence electrons. The minimum Gasteiger partial charge on any atom is -0.392 e. The lowest BCUT2D eigenvalue weighted by Crippen LogP contribution is -2.38. The van der Waals surface area contributed by atoms with Gasteiger partial charge in [-0.2, -0.15) is 0 Å². The molecule has 1 aliphatic carbocycles. The Hall–Kier alpha value is -1.06. The van der Waals surface area contributed by atoms with Crippen LogP contribution in [0.4, 0.5) is 0 Å². The van der Waals surface area contributed by atoms with Crippen LogP contribution < -0.4 is 5.32 Å². The average molecular weight is 254 g/mol. The van der Waals surface area contributed by atoms with Crippen LogP contribution in [0.15, 0.2) is 24.3 Å². The van der Waals surface area contributed by atoms with Crippen molar-refractivity contribution < 1.29 is 9.90 Å². The lowest BCUT2D eigenvalue weighted by Gasteiger charge is -2.16. The van der Waals surface area contributed by atoms with Crippen molar-refractivity contribution in [2.45, 2.75) is 31.3 Å². The highest BCUT2D eigenvalue weighted by molar-refractivity contribution is 6.30. The van der Waals surface area contributed by atoms with Gasteiger partial charge in [0.05, 0.1) is 11.5 Å². The van der Waals surface area contributed by atoms with Crippen LogP contribution in [-0.4, -0.2) is 23.7 Å². The summed E-state index contributed by atoms with van der Waals surface area (Å²) in [5, 5.41) is 12.6.